The first-order valence-electron chi connectivity index (χ1n) is 8.07. The van der Waals surface area contributed by atoms with E-state index in [0.717, 1.165) is 30.0 Å². The second-order valence-corrected chi connectivity index (χ2v) is 7.33. The number of nitriles is 1. The zero-order valence-electron chi connectivity index (χ0n) is 14.3. The fourth-order valence-corrected chi connectivity index (χ4v) is 3.31. The summed E-state index contributed by atoms with van der Waals surface area (Å²) in [4.78, 5) is 2.38. The Morgan fingerprint density at radius 1 is 1.43 bits per heavy atom. The molecular weight excluding hydrogens is 312 g/mol. The predicted molar refractivity (Wildman–Crippen MR) is 92.2 cm³/mol. The fourth-order valence-electron chi connectivity index (χ4n) is 3.04. The second-order valence-electron chi connectivity index (χ2n) is 6.93. The van der Waals surface area contributed by atoms with Gasteiger partial charge in [-0.3, -0.25) is 4.90 Å². The summed E-state index contributed by atoms with van der Waals surface area (Å²) >= 11 is 6.32. The summed E-state index contributed by atoms with van der Waals surface area (Å²) in [6.45, 7) is 10.8. The number of rotatable bonds is 5. The minimum Gasteiger partial charge on any atom is -0.493 e. The largest absolute Gasteiger partial charge is 0.493 e. The van der Waals surface area contributed by atoms with E-state index in [1.807, 2.05) is 6.92 Å². The van der Waals surface area contributed by atoms with Gasteiger partial charge in [0.1, 0.15) is 11.8 Å². The van der Waals surface area contributed by atoms with Gasteiger partial charge < -0.3 is 9.84 Å². The van der Waals surface area contributed by atoms with Crippen molar-refractivity contribution in [3.8, 4) is 11.8 Å². The molecule has 0 aromatic heterocycles. The number of ether oxygens (including phenoxy) is 1. The van der Waals surface area contributed by atoms with Gasteiger partial charge in [0.05, 0.1) is 17.2 Å². The number of nitrogens with zero attached hydrogens (tertiary/aromatic N) is 2. The summed E-state index contributed by atoms with van der Waals surface area (Å²) in [5, 5.41) is 19.3. The average molecular weight is 337 g/mol. The third-order valence-electron chi connectivity index (χ3n) is 4.37. The smallest absolute Gasteiger partial charge is 0.127 e. The minimum absolute atomic E-state index is 0.0283. The molecule has 1 fully saturated rings. The van der Waals surface area contributed by atoms with Crippen molar-refractivity contribution in [2.75, 3.05) is 26.3 Å². The summed E-state index contributed by atoms with van der Waals surface area (Å²) < 4.78 is 5.86. The molecule has 0 atom stereocenters. The number of halogens is 1. The number of benzene rings is 1. The van der Waals surface area contributed by atoms with Gasteiger partial charge in [-0.05, 0) is 45.7 Å². The highest BCUT2D eigenvalue weighted by Gasteiger charge is 2.38. The lowest BCUT2D eigenvalue weighted by Crippen LogP contribution is -2.54. The Labute approximate surface area is 143 Å². The van der Waals surface area contributed by atoms with Crippen LogP contribution < -0.4 is 4.74 Å². The van der Waals surface area contributed by atoms with Crippen molar-refractivity contribution in [3.05, 3.63) is 27.8 Å². The van der Waals surface area contributed by atoms with Gasteiger partial charge in [-0.2, -0.15) is 5.26 Å². The highest BCUT2D eigenvalue weighted by Crippen LogP contribution is 2.43. The molecule has 0 radical (unpaired) electrons. The monoisotopic (exact) mass is 336 g/mol. The molecule has 1 aliphatic rings. The molecule has 1 aromatic rings. The van der Waals surface area contributed by atoms with E-state index in [0.29, 0.717) is 23.6 Å². The van der Waals surface area contributed by atoms with E-state index in [2.05, 4.69) is 31.7 Å². The second kappa shape index (κ2) is 7.09. The van der Waals surface area contributed by atoms with Crippen LogP contribution in [0.15, 0.2) is 6.07 Å². The van der Waals surface area contributed by atoms with Crippen LogP contribution in [0.3, 0.4) is 0 Å². The average Bonchev–Trinajstić information content (AvgIpc) is 2.39. The van der Waals surface area contributed by atoms with Gasteiger partial charge >= 0.3 is 0 Å². The molecule has 126 valence electrons. The molecule has 0 aliphatic carbocycles. The highest BCUT2D eigenvalue weighted by atomic mass is 35.5. The number of hydrogen-bond acceptors (Lipinski definition) is 4. The fraction of sp³-hybridized carbons (Fsp3) is 0.611. The normalized spacial score (nSPS) is 16.0. The summed E-state index contributed by atoms with van der Waals surface area (Å²) in [6, 6.07) is 4.00. The van der Waals surface area contributed by atoms with Crippen molar-refractivity contribution in [3.63, 3.8) is 0 Å². The standard InChI is InChI=1S/C18H25ClN2O2/c1-5-23-17-12(6-7-22)8-15(19)14(9-20)16(17)13-10-21(11-13)18(2,3)4/h8,13,22H,5-7,10-11H2,1-4H3. The van der Waals surface area contributed by atoms with Crippen LogP contribution in [-0.4, -0.2) is 41.8 Å². The van der Waals surface area contributed by atoms with Crippen molar-refractivity contribution in [1.29, 1.82) is 5.26 Å². The lowest BCUT2D eigenvalue weighted by molar-refractivity contribution is 0.0458. The summed E-state index contributed by atoms with van der Waals surface area (Å²) in [7, 11) is 0. The summed E-state index contributed by atoms with van der Waals surface area (Å²) in [6.07, 6.45) is 0.476. The molecule has 1 heterocycles. The highest BCUT2D eigenvalue weighted by molar-refractivity contribution is 6.32. The Kier molecular flexibility index (Phi) is 5.57. The quantitative estimate of drug-likeness (QED) is 0.896. The lowest BCUT2D eigenvalue weighted by atomic mass is 9.83. The van der Waals surface area contributed by atoms with Crippen molar-refractivity contribution < 1.29 is 9.84 Å². The van der Waals surface area contributed by atoms with E-state index in [1.54, 1.807) is 6.07 Å². The molecule has 1 aromatic carbocycles. The third-order valence-corrected chi connectivity index (χ3v) is 4.66. The Morgan fingerprint density at radius 2 is 2.09 bits per heavy atom. The number of likely N-dealkylation sites (tertiary alicyclic amines) is 1. The molecule has 2 rings (SSSR count). The molecule has 0 spiro atoms. The van der Waals surface area contributed by atoms with Crippen LogP contribution >= 0.6 is 11.6 Å². The maximum atomic E-state index is 9.55. The molecule has 23 heavy (non-hydrogen) atoms. The van der Waals surface area contributed by atoms with Crippen LogP contribution in [-0.2, 0) is 6.42 Å². The van der Waals surface area contributed by atoms with E-state index in [-0.39, 0.29) is 18.1 Å². The maximum absolute atomic E-state index is 9.55. The van der Waals surface area contributed by atoms with E-state index in [9.17, 15) is 10.4 Å². The third kappa shape index (κ3) is 3.63. The summed E-state index contributed by atoms with van der Waals surface area (Å²) in [5.41, 5.74) is 2.41. The molecule has 4 nitrogen and oxygen atoms in total. The summed E-state index contributed by atoms with van der Waals surface area (Å²) in [5.74, 6) is 0.975. The van der Waals surface area contributed by atoms with Crippen LogP contribution in [0, 0.1) is 11.3 Å². The Hall–Kier alpha value is -1.28. The molecule has 1 N–H and O–H groups in total. The van der Waals surface area contributed by atoms with Gasteiger partial charge in [0.15, 0.2) is 0 Å². The van der Waals surface area contributed by atoms with E-state index < -0.39 is 0 Å². The van der Waals surface area contributed by atoms with Crippen LogP contribution in [0.2, 0.25) is 5.02 Å². The van der Waals surface area contributed by atoms with E-state index >= 15 is 0 Å². The number of aliphatic hydroxyl groups is 1. The predicted octanol–water partition coefficient (Wildman–Crippen LogP) is 3.34. The van der Waals surface area contributed by atoms with Crippen molar-refractivity contribution in [2.24, 2.45) is 0 Å². The van der Waals surface area contributed by atoms with Crippen LogP contribution in [0.1, 0.15) is 50.3 Å². The van der Waals surface area contributed by atoms with Gasteiger partial charge in [0, 0.05) is 36.7 Å². The van der Waals surface area contributed by atoms with E-state index in [4.69, 9.17) is 16.3 Å². The molecule has 5 heteroatoms. The Morgan fingerprint density at radius 3 is 2.57 bits per heavy atom. The molecule has 0 amide bonds. The molecule has 0 unspecified atom stereocenters. The number of hydrogen-bond donors (Lipinski definition) is 1. The van der Waals surface area contributed by atoms with Gasteiger partial charge in [-0.15, -0.1) is 0 Å². The lowest BCUT2D eigenvalue weighted by Gasteiger charge is -2.48. The van der Waals surface area contributed by atoms with Crippen molar-refractivity contribution in [1.82, 2.24) is 4.90 Å². The molecular formula is C18H25ClN2O2. The minimum atomic E-state index is 0.0283. The molecule has 1 aliphatic heterocycles. The SMILES string of the molecule is CCOc1c(CCO)cc(Cl)c(C#N)c1C1CN(C(C)(C)C)C1. The van der Waals surface area contributed by atoms with Crippen molar-refractivity contribution >= 4 is 11.6 Å². The first-order chi connectivity index (χ1) is 10.8. The van der Waals surface area contributed by atoms with Crippen LogP contribution in [0.25, 0.3) is 0 Å². The maximum Gasteiger partial charge on any atom is 0.127 e. The molecule has 1 saturated heterocycles. The first-order valence-corrected chi connectivity index (χ1v) is 8.45. The zero-order valence-corrected chi connectivity index (χ0v) is 15.1. The number of aliphatic hydroxyl groups excluding tert-OH is 1. The Balaban J connectivity index is 2.46. The van der Waals surface area contributed by atoms with Gasteiger partial charge in [-0.25, -0.2) is 0 Å². The first kappa shape index (κ1) is 18.1. The van der Waals surface area contributed by atoms with Gasteiger partial charge in [0.2, 0.25) is 0 Å². The van der Waals surface area contributed by atoms with Gasteiger partial charge in [0.25, 0.3) is 0 Å². The van der Waals surface area contributed by atoms with Crippen LogP contribution in [0.5, 0.6) is 5.75 Å². The molecule has 0 saturated carbocycles. The topological polar surface area (TPSA) is 56.5 Å². The van der Waals surface area contributed by atoms with Crippen molar-refractivity contribution in [2.45, 2.75) is 45.6 Å². The zero-order chi connectivity index (χ0) is 17.2. The van der Waals surface area contributed by atoms with E-state index in [1.165, 1.54) is 0 Å². The van der Waals surface area contributed by atoms with Crippen LogP contribution in [0.4, 0.5) is 0 Å². The Bertz CT molecular complexity index is 611. The molecule has 0 bridgehead atoms. The van der Waals surface area contributed by atoms with Gasteiger partial charge in [-0.1, -0.05) is 11.6 Å².